The zero-order chi connectivity index (χ0) is 22.8. The maximum absolute atomic E-state index is 12.0. The van der Waals surface area contributed by atoms with Crippen molar-refractivity contribution in [2.45, 2.75) is 31.8 Å². The van der Waals surface area contributed by atoms with Gasteiger partial charge in [-0.3, -0.25) is 19.5 Å². The van der Waals surface area contributed by atoms with E-state index in [0.29, 0.717) is 24.6 Å². The van der Waals surface area contributed by atoms with Crippen LogP contribution in [0.1, 0.15) is 47.0 Å². The van der Waals surface area contributed by atoms with Crippen LogP contribution in [0.3, 0.4) is 0 Å². The molecule has 0 aliphatic carbocycles. The van der Waals surface area contributed by atoms with Crippen molar-refractivity contribution < 1.29 is 14.0 Å². The van der Waals surface area contributed by atoms with Gasteiger partial charge in [-0.05, 0) is 55.8 Å². The number of hydrogen-bond donors (Lipinski definition) is 4. The summed E-state index contributed by atoms with van der Waals surface area (Å²) >= 11 is 0. The number of likely N-dealkylation sites (tertiary alicyclic amines) is 1. The van der Waals surface area contributed by atoms with Crippen LogP contribution in [0.2, 0.25) is 0 Å². The monoisotopic (exact) mass is 568 g/mol. The van der Waals surface area contributed by atoms with Crippen LogP contribution in [0.25, 0.3) is 0 Å². The zero-order valence-electron chi connectivity index (χ0n) is 18.9. The molecule has 1 unspecified atom stereocenters. The first-order valence-corrected chi connectivity index (χ1v) is 10.9. The van der Waals surface area contributed by atoms with Gasteiger partial charge in [0.25, 0.3) is 5.91 Å². The van der Waals surface area contributed by atoms with Crippen LogP contribution in [0, 0.1) is 0 Å². The second-order valence-electron chi connectivity index (χ2n) is 7.78. The largest absolute Gasteiger partial charge is 0.468 e. The van der Waals surface area contributed by atoms with Gasteiger partial charge in [0, 0.05) is 25.7 Å². The molecular formula is C23H33IN6O3. The van der Waals surface area contributed by atoms with Gasteiger partial charge in [-0.25, -0.2) is 0 Å². The standard InChI is InChI=1S/C23H32N6O3.HI/c1-25-23(27-14-17-7-9-18(10-8-17)22(31)26-16-21(24)30)28-15-19(20-6-5-13-32-20)29-11-3-2-4-12-29;/h5-10,13,19H,2-4,11-12,14-16H2,1H3,(H2,24,30)(H,26,31)(H2,25,27,28);1H. The van der Waals surface area contributed by atoms with E-state index in [9.17, 15) is 9.59 Å². The number of carbonyl (C=O) groups is 2. The van der Waals surface area contributed by atoms with E-state index in [-0.39, 0.29) is 42.5 Å². The molecule has 0 saturated carbocycles. The number of nitrogens with two attached hydrogens (primary N) is 1. The molecule has 0 bridgehead atoms. The highest BCUT2D eigenvalue weighted by Crippen LogP contribution is 2.24. The SMILES string of the molecule is CN=C(NCc1ccc(C(=O)NCC(N)=O)cc1)NCC(c1ccco1)N1CCCCC1.I. The number of furan rings is 1. The van der Waals surface area contributed by atoms with Crippen molar-refractivity contribution in [3.63, 3.8) is 0 Å². The fourth-order valence-electron chi connectivity index (χ4n) is 3.76. The number of nitrogens with zero attached hydrogens (tertiary/aromatic N) is 2. The number of piperidine rings is 1. The average Bonchev–Trinajstić information content (AvgIpc) is 3.35. The summed E-state index contributed by atoms with van der Waals surface area (Å²) in [5.74, 6) is 0.747. The number of halogens is 1. The number of aliphatic imine (C=N–C) groups is 1. The molecule has 33 heavy (non-hydrogen) atoms. The van der Waals surface area contributed by atoms with E-state index >= 15 is 0 Å². The lowest BCUT2D eigenvalue weighted by Crippen LogP contribution is -2.44. The van der Waals surface area contributed by atoms with Crippen LogP contribution in [0.15, 0.2) is 52.1 Å². The molecule has 2 heterocycles. The van der Waals surface area contributed by atoms with Gasteiger partial charge < -0.3 is 26.1 Å². The first kappa shape index (κ1) is 26.7. The summed E-state index contributed by atoms with van der Waals surface area (Å²) in [6.45, 7) is 3.20. The number of guanidine groups is 1. The molecule has 0 radical (unpaired) electrons. The molecule has 1 aliphatic rings. The molecule has 1 fully saturated rings. The van der Waals surface area contributed by atoms with Crippen LogP contribution >= 0.6 is 24.0 Å². The highest BCUT2D eigenvalue weighted by Gasteiger charge is 2.24. The third-order valence-electron chi connectivity index (χ3n) is 5.49. The van der Waals surface area contributed by atoms with Gasteiger partial charge in [0.15, 0.2) is 5.96 Å². The number of carbonyl (C=O) groups excluding carboxylic acids is 2. The first-order valence-electron chi connectivity index (χ1n) is 10.9. The van der Waals surface area contributed by atoms with Gasteiger partial charge in [0.2, 0.25) is 5.91 Å². The van der Waals surface area contributed by atoms with E-state index in [1.807, 2.05) is 24.3 Å². The van der Waals surface area contributed by atoms with E-state index in [1.54, 1.807) is 25.4 Å². The number of primary amides is 1. The summed E-state index contributed by atoms with van der Waals surface area (Å²) < 4.78 is 5.70. The van der Waals surface area contributed by atoms with Crippen molar-refractivity contribution in [2.75, 3.05) is 33.2 Å². The van der Waals surface area contributed by atoms with E-state index in [1.165, 1.54) is 19.3 Å². The summed E-state index contributed by atoms with van der Waals surface area (Å²) in [4.78, 5) is 29.6. The summed E-state index contributed by atoms with van der Waals surface area (Å²) in [5.41, 5.74) is 6.52. The van der Waals surface area contributed by atoms with Crippen LogP contribution in [-0.4, -0.2) is 55.9 Å². The fraction of sp³-hybridized carbons (Fsp3) is 0.435. The predicted octanol–water partition coefficient (Wildman–Crippen LogP) is 2.00. The van der Waals surface area contributed by atoms with Crippen molar-refractivity contribution in [3.05, 3.63) is 59.5 Å². The lowest BCUT2D eigenvalue weighted by molar-refractivity contribution is -0.117. The number of benzene rings is 1. The van der Waals surface area contributed by atoms with Gasteiger partial charge in [0.05, 0.1) is 18.8 Å². The Morgan fingerprint density at radius 2 is 1.82 bits per heavy atom. The second-order valence-corrected chi connectivity index (χ2v) is 7.78. The third kappa shape index (κ3) is 8.35. The summed E-state index contributed by atoms with van der Waals surface area (Å²) in [6.07, 6.45) is 5.42. The Balaban J connectivity index is 0.00000385. The number of rotatable bonds is 9. The quantitative estimate of drug-likeness (QED) is 0.209. The molecule has 1 aromatic carbocycles. The molecule has 5 N–H and O–H groups in total. The summed E-state index contributed by atoms with van der Waals surface area (Å²) in [6, 6.07) is 11.3. The van der Waals surface area contributed by atoms with Gasteiger partial charge in [-0.1, -0.05) is 18.6 Å². The zero-order valence-corrected chi connectivity index (χ0v) is 21.2. The minimum Gasteiger partial charge on any atom is -0.468 e. The van der Waals surface area contributed by atoms with Crippen LogP contribution in [0.5, 0.6) is 0 Å². The average molecular weight is 568 g/mol. The maximum atomic E-state index is 12.0. The molecule has 10 heteroatoms. The van der Waals surface area contributed by atoms with Crippen LogP contribution in [-0.2, 0) is 11.3 Å². The van der Waals surface area contributed by atoms with Crippen LogP contribution < -0.4 is 21.7 Å². The van der Waals surface area contributed by atoms with Gasteiger partial charge >= 0.3 is 0 Å². The molecule has 3 rings (SSSR count). The highest BCUT2D eigenvalue weighted by molar-refractivity contribution is 14.0. The molecule has 180 valence electrons. The fourth-order valence-corrected chi connectivity index (χ4v) is 3.76. The Morgan fingerprint density at radius 3 is 2.42 bits per heavy atom. The Labute approximate surface area is 211 Å². The van der Waals surface area contributed by atoms with E-state index < -0.39 is 5.91 Å². The molecule has 1 saturated heterocycles. The minimum atomic E-state index is -0.576. The van der Waals surface area contributed by atoms with Gasteiger partial charge in [-0.15, -0.1) is 24.0 Å². The number of hydrogen-bond acceptors (Lipinski definition) is 5. The lowest BCUT2D eigenvalue weighted by Gasteiger charge is -2.33. The first-order chi connectivity index (χ1) is 15.6. The molecule has 2 amide bonds. The summed E-state index contributed by atoms with van der Waals surface area (Å²) in [7, 11) is 1.74. The number of nitrogens with one attached hydrogen (secondary N) is 3. The Morgan fingerprint density at radius 1 is 1.09 bits per heavy atom. The van der Waals surface area contributed by atoms with Crippen molar-refractivity contribution in [1.29, 1.82) is 0 Å². The molecule has 9 nitrogen and oxygen atoms in total. The van der Waals surface area contributed by atoms with Gasteiger partial charge in [-0.2, -0.15) is 0 Å². The Kier molecular flexibility index (Phi) is 11.2. The molecule has 2 aromatic rings. The molecule has 0 spiro atoms. The molecule has 1 aliphatic heterocycles. The van der Waals surface area contributed by atoms with Gasteiger partial charge in [0.1, 0.15) is 5.76 Å². The maximum Gasteiger partial charge on any atom is 0.251 e. The Bertz CT molecular complexity index is 895. The van der Waals surface area contributed by atoms with Crippen molar-refractivity contribution in [2.24, 2.45) is 10.7 Å². The van der Waals surface area contributed by atoms with E-state index in [0.717, 1.165) is 24.4 Å². The Hall–Kier alpha value is -2.60. The highest BCUT2D eigenvalue weighted by atomic mass is 127. The topological polar surface area (TPSA) is 125 Å². The summed E-state index contributed by atoms with van der Waals surface area (Å²) in [5, 5.41) is 9.19. The van der Waals surface area contributed by atoms with Crippen LogP contribution in [0.4, 0.5) is 0 Å². The number of amides is 2. The lowest BCUT2D eigenvalue weighted by atomic mass is 10.1. The second kappa shape index (κ2) is 13.8. The smallest absolute Gasteiger partial charge is 0.251 e. The van der Waals surface area contributed by atoms with E-state index in [2.05, 4.69) is 25.8 Å². The third-order valence-corrected chi connectivity index (χ3v) is 5.49. The predicted molar refractivity (Wildman–Crippen MR) is 138 cm³/mol. The van der Waals surface area contributed by atoms with Crippen molar-refractivity contribution in [3.8, 4) is 0 Å². The molecule has 1 atom stereocenters. The molecular weight excluding hydrogens is 535 g/mol. The minimum absolute atomic E-state index is 0. The normalized spacial score (nSPS) is 15.2. The molecule has 1 aromatic heterocycles. The van der Waals surface area contributed by atoms with E-state index in [4.69, 9.17) is 10.2 Å². The van der Waals surface area contributed by atoms with Crippen molar-refractivity contribution >= 4 is 41.8 Å². The van der Waals surface area contributed by atoms with Crippen molar-refractivity contribution in [1.82, 2.24) is 20.9 Å².